The zero-order valence-electron chi connectivity index (χ0n) is 16.7. The molecule has 3 N–H and O–H groups in total. The number of rotatable bonds is 8. The van der Waals surface area contributed by atoms with Crippen molar-refractivity contribution >= 4 is 11.9 Å². The summed E-state index contributed by atoms with van der Waals surface area (Å²) in [4.78, 5) is 24.1. The predicted molar refractivity (Wildman–Crippen MR) is 111 cm³/mol. The van der Waals surface area contributed by atoms with Crippen LogP contribution in [0.2, 0.25) is 0 Å². The molecule has 0 aliphatic heterocycles. The highest BCUT2D eigenvalue weighted by atomic mass is 19.1. The van der Waals surface area contributed by atoms with Crippen LogP contribution in [0.1, 0.15) is 27.0 Å². The number of urea groups is 1. The molecule has 156 valence electrons. The van der Waals surface area contributed by atoms with Crippen LogP contribution in [-0.2, 0) is 13.1 Å². The summed E-state index contributed by atoms with van der Waals surface area (Å²) < 4.78 is 15.4. The number of halogens is 1. The lowest BCUT2D eigenvalue weighted by Gasteiger charge is -2.12. The molecule has 3 amide bonds. The number of aryl methyl sites for hydroxylation is 1. The monoisotopic (exact) mass is 409 g/mol. The minimum Gasteiger partial charge on any atom is -0.350 e. The Morgan fingerprint density at radius 3 is 2.50 bits per heavy atom. The lowest BCUT2D eigenvalue weighted by molar-refractivity contribution is 0.0953. The Labute approximate surface area is 174 Å². The van der Waals surface area contributed by atoms with Crippen molar-refractivity contribution in [2.45, 2.75) is 20.0 Å². The summed E-state index contributed by atoms with van der Waals surface area (Å²) in [6, 6.07) is 13.7. The Kier molecular flexibility index (Phi) is 7.15. The number of nitrogens with zero attached hydrogens (tertiary/aromatic N) is 2. The average Bonchev–Trinajstić information content (AvgIpc) is 3.25. The number of carbonyl (C=O) groups excluding carboxylic acids is 2. The van der Waals surface area contributed by atoms with E-state index < -0.39 is 5.82 Å². The number of hydrogen-bond donors (Lipinski definition) is 3. The third kappa shape index (κ3) is 5.91. The summed E-state index contributed by atoms with van der Waals surface area (Å²) in [5.41, 5.74) is 2.80. The van der Waals surface area contributed by atoms with E-state index in [1.165, 1.54) is 6.07 Å². The molecule has 0 aliphatic rings. The molecule has 3 aromatic rings. The van der Waals surface area contributed by atoms with Gasteiger partial charge in [0.2, 0.25) is 0 Å². The van der Waals surface area contributed by atoms with E-state index >= 15 is 0 Å². The van der Waals surface area contributed by atoms with Gasteiger partial charge in [0, 0.05) is 37.6 Å². The first-order chi connectivity index (χ1) is 14.5. The first-order valence-corrected chi connectivity index (χ1v) is 9.63. The van der Waals surface area contributed by atoms with Gasteiger partial charge in [-0.3, -0.25) is 9.48 Å². The molecule has 7 nitrogen and oxygen atoms in total. The molecule has 0 fully saturated rings. The highest BCUT2D eigenvalue weighted by Gasteiger charge is 2.08. The molecule has 0 atom stereocenters. The molecule has 1 aromatic heterocycles. The van der Waals surface area contributed by atoms with Crippen molar-refractivity contribution in [3.05, 3.63) is 89.0 Å². The Morgan fingerprint density at radius 1 is 1.00 bits per heavy atom. The fourth-order valence-corrected chi connectivity index (χ4v) is 2.88. The van der Waals surface area contributed by atoms with Gasteiger partial charge in [-0.1, -0.05) is 30.3 Å². The lowest BCUT2D eigenvalue weighted by Crippen LogP contribution is -2.40. The van der Waals surface area contributed by atoms with Crippen LogP contribution in [-0.4, -0.2) is 34.8 Å². The van der Waals surface area contributed by atoms with Crippen molar-refractivity contribution in [3.8, 4) is 0 Å². The van der Waals surface area contributed by atoms with E-state index in [1.807, 2.05) is 41.2 Å². The van der Waals surface area contributed by atoms with Crippen LogP contribution < -0.4 is 16.0 Å². The summed E-state index contributed by atoms with van der Waals surface area (Å²) in [6.07, 6.45) is 3.61. The largest absolute Gasteiger partial charge is 0.350 e. The maximum Gasteiger partial charge on any atom is 0.315 e. The summed E-state index contributed by atoms with van der Waals surface area (Å²) in [5.74, 6) is -0.809. The van der Waals surface area contributed by atoms with Crippen LogP contribution in [0.3, 0.4) is 0 Å². The number of hydrogen-bond acceptors (Lipinski definition) is 3. The van der Waals surface area contributed by atoms with Crippen molar-refractivity contribution in [1.29, 1.82) is 0 Å². The fraction of sp³-hybridized carbons (Fsp3) is 0.227. The van der Waals surface area contributed by atoms with Gasteiger partial charge in [0.25, 0.3) is 5.91 Å². The van der Waals surface area contributed by atoms with Gasteiger partial charge in [-0.15, -0.1) is 0 Å². The Balaban J connectivity index is 1.40. The van der Waals surface area contributed by atoms with Gasteiger partial charge >= 0.3 is 6.03 Å². The number of carbonyl (C=O) groups is 2. The van der Waals surface area contributed by atoms with Crippen molar-refractivity contribution in [2.24, 2.45) is 0 Å². The second kappa shape index (κ2) is 10.2. The summed E-state index contributed by atoms with van der Waals surface area (Å²) in [5, 5.41) is 12.4. The first kappa shape index (κ1) is 21.0. The van der Waals surface area contributed by atoms with Gasteiger partial charge < -0.3 is 16.0 Å². The third-order valence-electron chi connectivity index (χ3n) is 4.58. The van der Waals surface area contributed by atoms with Gasteiger partial charge in [0.1, 0.15) is 5.82 Å². The van der Waals surface area contributed by atoms with Crippen LogP contribution in [0, 0.1) is 12.7 Å². The molecule has 0 aliphatic carbocycles. The molecule has 0 radical (unpaired) electrons. The maximum atomic E-state index is 13.5. The first-order valence-electron chi connectivity index (χ1n) is 9.63. The van der Waals surface area contributed by atoms with Gasteiger partial charge in [0.05, 0.1) is 6.54 Å². The molecule has 0 saturated carbocycles. The summed E-state index contributed by atoms with van der Waals surface area (Å²) in [7, 11) is 0. The van der Waals surface area contributed by atoms with Crippen LogP contribution in [0.4, 0.5) is 9.18 Å². The molecule has 30 heavy (non-hydrogen) atoms. The molecule has 0 spiro atoms. The topological polar surface area (TPSA) is 88.0 Å². The van der Waals surface area contributed by atoms with Crippen molar-refractivity contribution < 1.29 is 14.0 Å². The van der Waals surface area contributed by atoms with E-state index in [0.29, 0.717) is 18.7 Å². The minimum atomic E-state index is -0.423. The fourth-order valence-electron chi connectivity index (χ4n) is 2.88. The second-order valence-electron chi connectivity index (χ2n) is 6.80. The highest BCUT2D eigenvalue weighted by molar-refractivity contribution is 5.94. The van der Waals surface area contributed by atoms with E-state index in [1.54, 1.807) is 25.3 Å². The van der Waals surface area contributed by atoms with Gasteiger partial charge in [-0.05, 0) is 41.8 Å². The summed E-state index contributed by atoms with van der Waals surface area (Å²) >= 11 is 0. The molecule has 0 unspecified atom stereocenters. The molecule has 8 heteroatoms. The molecule has 0 bridgehead atoms. The standard InChI is InChI=1S/C22H24FN5O2/c1-16-7-8-17(13-20(16)23)21(29)24-10-11-25-22(30)26-14-18-5-2-3-6-19(18)15-28-12-4-9-27-28/h2-9,12-13H,10-11,14-15H2,1H3,(H,24,29)(H2,25,26,30). The van der Waals surface area contributed by atoms with Crippen molar-refractivity contribution in [1.82, 2.24) is 25.7 Å². The summed E-state index contributed by atoms with van der Waals surface area (Å²) in [6.45, 7) is 3.12. The number of benzene rings is 2. The van der Waals surface area contributed by atoms with Gasteiger partial charge in [0.15, 0.2) is 0 Å². The van der Waals surface area contributed by atoms with E-state index in [2.05, 4.69) is 21.0 Å². The van der Waals surface area contributed by atoms with Crippen LogP contribution in [0.5, 0.6) is 0 Å². The van der Waals surface area contributed by atoms with Crippen LogP contribution in [0.15, 0.2) is 60.9 Å². The van der Waals surface area contributed by atoms with Crippen LogP contribution >= 0.6 is 0 Å². The molecule has 3 rings (SSSR count). The van der Waals surface area contributed by atoms with Gasteiger partial charge in [-0.25, -0.2) is 9.18 Å². The number of nitrogens with one attached hydrogen (secondary N) is 3. The van der Waals surface area contributed by atoms with E-state index in [9.17, 15) is 14.0 Å². The number of amides is 3. The van der Waals surface area contributed by atoms with Gasteiger partial charge in [-0.2, -0.15) is 5.10 Å². The molecular formula is C22H24FN5O2. The SMILES string of the molecule is Cc1ccc(C(=O)NCCNC(=O)NCc2ccccc2Cn2cccn2)cc1F. The predicted octanol–water partition coefficient (Wildman–Crippen LogP) is 2.61. The Bertz CT molecular complexity index is 1000. The Morgan fingerprint density at radius 2 is 1.77 bits per heavy atom. The lowest BCUT2D eigenvalue weighted by atomic mass is 10.1. The second-order valence-corrected chi connectivity index (χ2v) is 6.80. The normalized spacial score (nSPS) is 10.5. The molecular weight excluding hydrogens is 385 g/mol. The number of aromatic nitrogens is 2. The van der Waals surface area contributed by atoms with Crippen LogP contribution in [0.25, 0.3) is 0 Å². The van der Waals surface area contributed by atoms with E-state index in [0.717, 1.165) is 11.1 Å². The minimum absolute atomic E-state index is 0.234. The highest BCUT2D eigenvalue weighted by Crippen LogP contribution is 2.10. The van der Waals surface area contributed by atoms with E-state index in [4.69, 9.17) is 0 Å². The van der Waals surface area contributed by atoms with E-state index in [-0.39, 0.29) is 30.6 Å². The van der Waals surface area contributed by atoms with Crippen molar-refractivity contribution in [2.75, 3.05) is 13.1 Å². The third-order valence-corrected chi connectivity index (χ3v) is 4.58. The average molecular weight is 409 g/mol. The Hall–Kier alpha value is -3.68. The zero-order chi connectivity index (χ0) is 21.3. The smallest absolute Gasteiger partial charge is 0.315 e. The molecule has 1 heterocycles. The quantitative estimate of drug-likeness (QED) is 0.500. The maximum absolute atomic E-state index is 13.5. The molecule has 2 aromatic carbocycles. The zero-order valence-corrected chi connectivity index (χ0v) is 16.7. The van der Waals surface area contributed by atoms with Crippen molar-refractivity contribution in [3.63, 3.8) is 0 Å². The molecule has 0 saturated heterocycles.